The summed E-state index contributed by atoms with van der Waals surface area (Å²) in [6.07, 6.45) is -0.181. The molecule has 0 nitrogen and oxygen atoms in total. The van der Waals surface area contributed by atoms with Crippen LogP contribution in [0.1, 0.15) is 5.56 Å². The second-order valence-corrected chi connectivity index (χ2v) is 10.6. The van der Waals surface area contributed by atoms with Gasteiger partial charge in [-0.1, -0.05) is 48.6 Å². The molecule has 2 aromatic rings. The van der Waals surface area contributed by atoms with Gasteiger partial charge in [0.1, 0.15) is 0 Å². The van der Waals surface area contributed by atoms with Gasteiger partial charge in [0.15, 0.2) is 23.3 Å². The van der Waals surface area contributed by atoms with Crippen molar-refractivity contribution in [3.05, 3.63) is 65.0 Å². The molecule has 0 aliphatic heterocycles. The molecule has 0 radical (unpaired) electrons. The Morgan fingerprint density at radius 2 is 1.18 bits per heavy atom. The minimum absolute atomic E-state index is 0.181. The van der Waals surface area contributed by atoms with Gasteiger partial charge in [0, 0.05) is 5.56 Å². The molecule has 0 aliphatic rings. The predicted octanol–water partition coefficient (Wildman–Crippen LogP) is 4.54. The molecule has 0 aromatic heterocycles. The largest absolute Gasteiger partial charge is 0.203 e. The van der Waals surface area contributed by atoms with Gasteiger partial charge in [0.2, 0.25) is 5.82 Å². The van der Waals surface area contributed by atoms with E-state index in [-0.39, 0.29) is 6.42 Å². The van der Waals surface area contributed by atoms with Crippen LogP contribution in [0.25, 0.3) is 0 Å². The van der Waals surface area contributed by atoms with Crippen molar-refractivity contribution in [2.45, 2.75) is 25.6 Å². The van der Waals surface area contributed by atoms with E-state index in [1.165, 1.54) is 0 Å². The lowest BCUT2D eigenvalue weighted by molar-refractivity contribution is 0.370. The van der Waals surface area contributed by atoms with Crippen LogP contribution in [0.4, 0.5) is 22.0 Å². The molecule has 6 heteroatoms. The van der Waals surface area contributed by atoms with Crippen LogP contribution in [-0.4, -0.2) is 8.07 Å². The summed E-state index contributed by atoms with van der Waals surface area (Å²) in [7, 11) is -2.03. The van der Waals surface area contributed by atoms with E-state index in [2.05, 4.69) is 0 Å². The van der Waals surface area contributed by atoms with Crippen molar-refractivity contribution in [3.63, 3.8) is 0 Å². The average Bonchev–Trinajstić information content (AvgIpc) is 2.52. The molecule has 0 bridgehead atoms. The maximum atomic E-state index is 13.7. The fraction of sp³-hybridized carbons (Fsp3) is 0.250. The highest BCUT2D eigenvalue weighted by Crippen LogP contribution is 2.25. The summed E-state index contributed by atoms with van der Waals surface area (Å²) in [5.74, 6) is -9.33. The Balaban J connectivity index is 2.29. The van der Waals surface area contributed by atoms with E-state index in [1.807, 2.05) is 43.4 Å². The average molecular weight is 330 g/mol. The monoisotopic (exact) mass is 330 g/mol. The summed E-state index contributed by atoms with van der Waals surface area (Å²) < 4.78 is 66.8. The molecule has 0 unspecified atom stereocenters. The molecule has 118 valence electrons. The Labute approximate surface area is 126 Å². The fourth-order valence-electron chi connectivity index (χ4n) is 2.34. The Morgan fingerprint density at radius 3 is 1.68 bits per heavy atom. The highest BCUT2D eigenvalue weighted by Gasteiger charge is 2.28. The first-order chi connectivity index (χ1) is 10.3. The predicted molar refractivity (Wildman–Crippen MR) is 78.3 cm³/mol. The van der Waals surface area contributed by atoms with E-state index in [1.54, 1.807) is 0 Å². The van der Waals surface area contributed by atoms with Crippen molar-refractivity contribution in [2.75, 3.05) is 0 Å². The Bertz CT molecular complexity index is 654. The van der Waals surface area contributed by atoms with Crippen molar-refractivity contribution >= 4 is 13.3 Å². The third kappa shape index (κ3) is 3.06. The van der Waals surface area contributed by atoms with Gasteiger partial charge in [-0.15, -0.1) is 0 Å². The van der Waals surface area contributed by atoms with Gasteiger partial charge in [0.25, 0.3) is 0 Å². The topological polar surface area (TPSA) is 0 Å². The van der Waals surface area contributed by atoms with Gasteiger partial charge in [-0.25, -0.2) is 22.0 Å². The SMILES string of the molecule is C[Si](C)(CCc1c(F)c(F)c(F)c(F)c1F)c1ccccc1. The van der Waals surface area contributed by atoms with Gasteiger partial charge < -0.3 is 0 Å². The van der Waals surface area contributed by atoms with Crippen molar-refractivity contribution in [3.8, 4) is 0 Å². The lowest BCUT2D eigenvalue weighted by Crippen LogP contribution is -2.41. The summed E-state index contributed by atoms with van der Waals surface area (Å²) in [4.78, 5) is 0. The van der Waals surface area contributed by atoms with Gasteiger partial charge in [-0.3, -0.25) is 0 Å². The van der Waals surface area contributed by atoms with Gasteiger partial charge in [-0.05, 0) is 12.5 Å². The number of hydrogen-bond acceptors (Lipinski definition) is 0. The highest BCUT2D eigenvalue weighted by atomic mass is 28.3. The van der Waals surface area contributed by atoms with Crippen LogP contribution in [0.5, 0.6) is 0 Å². The van der Waals surface area contributed by atoms with E-state index in [4.69, 9.17) is 0 Å². The molecule has 2 aromatic carbocycles. The zero-order valence-electron chi connectivity index (χ0n) is 12.2. The summed E-state index contributed by atoms with van der Waals surface area (Å²) in [6.45, 7) is 3.99. The van der Waals surface area contributed by atoms with Crippen LogP contribution in [0.15, 0.2) is 30.3 Å². The van der Waals surface area contributed by atoms with Crippen LogP contribution >= 0.6 is 0 Å². The summed E-state index contributed by atoms with van der Waals surface area (Å²) in [6, 6.07) is 9.81. The third-order valence-electron chi connectivity index (χ3n) is 3.86. The fourth-order valence-corrected chi connectivity index (χ4v) is 4.60. The van der Waals surface area contributed by atoms with Crippen LogP contribution in [0.3, 0.4) is 0 Å². The van der Waals surface area contributed by atoms with Crippen LogP contribution in [0.2, 0.25) is 19.1 Å². The van der Waals surface area contributed by atoms with Crippen LogP contribution in [-0.2, 0) is 6.42 Å². The van der Waals surface area contributed by atoms with Gasteiger partial charge in [-0.2, -0.15) is 0 Å². The minimum Gasteiger partial charge on any atom is -0.203 e. The third-order valence-corrected chi connectivity index (χ3v) is 7.25. The smallest absolute Gasteiger partial charge is 0.200 e. The zero-order valence-corrected chi connectivity index (χ0v) is 13.2. The van der Waals surface area contributed by atoms with E-state index in [9.17, 15) is 22.0 Å². The lowest BCUT2D eigenvalue weighted by Gasteiger charge is -2.23. The zero-order chi connectivity index (χ0) is 16.5. The molecule has 0 saturated heterocycles. The standard InChI is InChI=1S/C16H15F5Si/c1-22(2,10-6-4-3-5-7-10)9-8-11-12(17)14(19)16(21)15(20)13(11)18/h3-7H,8-9H2,1-2H3. The Kier molecular flexibility index (Phi) is 4.70. The van der Waals surface area contributed by atoms with Crippen LogP contribution < -0.4 is 5.19 Å². The van der Waals surface area contributed by atoms with Crippen molar-refractivity contribution in [2.24, 2.45) is 0 Å². The molecule has 0 heterocycles. The molecule has 0 aliphatic carbocycles. The summed E-state index contributed by atoms with van der Waals surface area (Å²) in [5.41, 5.74) is -0.729. The van der Waals surface area contributed by atoms with E-state index >= 15 is 0 Å². The number of hydrogen-bond donors (Lipinski definition) is 0. The van der Waals surface area contributed by atoms with E-state index < -0.39 is 42.7 Å². The quantitative estimate of drug-likeness (QED) is 0.334. The summed E-state index contributed by atoms with van der Waals surface area (Å²) >= 11 is 0. The van der Waals surface area contributed by atoms with Crippen LogP contribution in [0, 0.1) is 29.1 Å². The molecule has 0 atom stereocenters. The number of rotatable bonds is 4. The molecular weight excluding hydrogens is 315 g/mol. The number of halogens is 5. The lowest BCUT2D eigenvalue weighted by atomic mass is 10.1. The van der Waals surface area contributed by atoms with E-state index in [0.717, 1.165) is 5.19 Å². The maximum Gasteiger partial charge on any atom is 0.200 e. The van der Waals surface area contributed by atoms with Gasteiger partial charge >= 0.3 is 0 Å². The minimum atomic E-state index is -2.11. The molecular formula is C16H15F5Si. The summed E-state index contributed by atoms with van der Waals surface area (Å²) in [5, 5.41) is 1.07. The molecule has 0 N–H and O–H groups in total. The molecule has 2 rings (SSSR count). The molecule has 0 spiro atoms. The molecule has 0 fully saturated rings. The first kappa shape index (κ1) is 16.7. The second-order valence-electron chi connectivity index (χ2n) is 5.80. The van der Waals surface area contributed by atoms with E-state index in [0.29, 0.717) is 6.04 Å². The van der Waals surface area contributed by atoms with Gasteiger partial charge in [0.05, 0.1) is 8.07 Å². The molecule has 0 amide bonds. The van der Waals surface area contributed by atoms with Crippen molar-refractivity contribution in [1.82, 2.24) is 0 Å². The first-order valence-electron chi connectivity index (χ1n) is 6.81. The molecule has 0 saturated carbocycles. The Morgan fingerprint density at radius 1 is 0.727 bits per heavy atom. The van der Waals surface area contributed by atoms with Crippen molar-refractivity contribution < 1.29 is 22.0 Å². The normalized spacial score (nSPS) is 11.8. The first-order valence-corrected chi connectivity index (χ1v) is 10.0. The van der Waals surface area contributed by atoms with Crippen molar-refractivity contribution in [1.29, 1.82) is 0 Å². The molecule has 22 heavy (non-hydrogen) atoms. The second kappa shape index (κ2) is 6.20. The highest BCUT2D eigenvalue weighted by molar-refractivity contribution is 6.89. The number of benzene rings is 2. The maximum absolute atomic E-state index is 13.7. The Hall–Kier alpha value is -1.69.